The van der Waals surface area contributed by atoms with Gasteiger partial charge in [-0.15, -0.1) is 0 Å². The summed E-state index contributed by atoms with van der Waals surface area (Å²) in [7, 11) is 0. The first kappa shape index (κ1) is 20.5. The number of nitrogens with one attached hydrogen (secondary N) is 1. The quantitative estimate of drug-likeness (QED) is 0.600. The molecule has 1 atom stereocenters. The Morgan fingerprint density at radius 3 is 2.28 bits per heavy atom. The van der Waals surface area contributed by atoms with Gasteiger partial charge in [-0.1, -0.05) is 30.3 Å². The molecule has 7 nitrogen and oxygen atoms in total. The molecule has 0 saturated heterocycles. The molecule has 0 aromatic heterocycles. The van der Waals surface area contributed by atoms with Crippen molar-refractivity contribution in [2.75, 3.05) is 6.61 Å². The van der Waals surface area contributed by atoms with Gasteiger partial charge in [0.1, 0.15) is 18.2 Å². The molecule has 0 aliphatic carbocycles. The van der Waals surface area contributed by atoms with Crippen LogP contribution in [0, 0.1) is 0 Å². The minimum atomic E-state index is -1.18. The van der Waals surface area contributed by atoms with E-state index in [1.54, 1.807) is 39.8 Å². The topological polar surface area (TPSA) is 90.9 Å². The molecule has 1 amide bonds. The van der Waals surface area contributed by atoms with E-state index in [4.69, 9.17) is 14.2 Å². The van der Waals surface area contributed by atoms with Crippen molar-refractivity contribution in [1.29, 1.82) is 0 Å². The lowest BCUT2D eigenvalue weighted by Gasteiger charge is -2.22. The number of benzene rings is 1. The second-order valence-electron chi connectivity index (χ2n) is 6.30. The van der Waals surface area contributed by atoms with E-state index in [-0.39, 0.29) is 19.6 Å². The standard InChI is InChI=1S/C18H25NO6/c1-5-23-15(20)11-14(19-17(22)25-18(2,3)4)16(21)24-12-13-9-7-6-8-10-13/h6-10,14H,5,11-12H2,1-4H3,(H,19,22)/t14-/m0/s1. The third-order valence-electron chi connectivity index (χ3n) is 2.88. The fourth-order valence-electron chi connectivity index (χ4n) is 1.86. The van der Waals surface area contributed by atoms with E-state index < -0.39 is 29.7 Å². The van der Waals surface area contributed by atoms with Crippen LogP contribution in [0.2, 0.25) is 0 Å². The van der Waals surface area contributed by atoms with Gasteiger partial charge in [0.05, 0.1) is 13.0 Å². The highest BCUT2D eigenvalue weighted by Gasteiger charge is 2.28. The summed E-state index contributed by atoms with van der Waals surface area (Å²) in [5.41, 5.74) is 0.0648. The number of alkyl carbamates (subject to hydrolysis) is 1. The van der Waals surface area contributed by atoms with Gasteiger partial charge < -0.3 is 19.5 Å². The number of hydrogen-bond acceptors (Lipinski definition) is 6. The van der Waals surface area contributed by atoms with E-state index in [9.17, 15) is 14.4 Å². The van der Waals surface area contributed by atoms with Gasteiger partial charge in [0.2, 0.25) is 0 Å². The number of ether oxygens (including phenoxy) is 3. The van der Waals surface area contributed by atoms with Crippen LogP contribution in [0.5, 0.6) is 0 Å². The summed E-state index contributed by atoms with van der Waals surface area (Å²) in [5.74, 6) is -1.34. The molecule has 1 rings (SSSR count). The van der Waals surface area contributed by atoms with Crippen LogP contribution in [-0.2, 0) is 30.4 Å². The molecule has 1 N–H and O–H groups in total. The summed E-state index contributed by atoms with van der Waals surface area (Å²) in [6.07, 6.45) is -1.14. The number of carbonyl (C=O) groups excluding carboxylic acids is 3. The Labute approximate surface area is 147 Å². The highest BCUT2D eigenvalue weighted by molar-refractivity contribution is 5.86. The first-order chi connectivity index (χ1) is 11.7. The van der Waals surface area contributed by atoms with Crippen LogP contribution in [0.1, 0.15) is 39.7 Å². The minimum Gasteiger partial charge on any atom is -0.466 e. The van der Waals surface area contributed by atoms with Crippen LogP contribution in [-0.4, -0.2) is 36.3 Å². The van der Waals surface area contributed by atoms with Crippen molar-refractivity contribution in [3.63, 3.8) is 0 Å². The second-order valence-corrected chi connectivity index (χ2v) is 6.30. The highest BCUT2D eigenvalue weighted by Crippen LogP contribution is 2.09. The molecular weight excluding hydrogens is 326 g/mol. The summed E-state index contributed by atoms with van der Waals surface area (Å²) in [6, 6.07) is 7.90. The predicted octanol–water partition coefficient (Wildman–Crippen LogP) is 2.58. The molecule has 0 unspecified atom stereocenters. The SMILES string of the molecule is CCOC(=O)C[C@H](NC(=O)OC(C)(C)C)C(=O)OCc1ccccc1. The first-order valence-electron chi connectivity index (χ1n) is 8.07. The minimum absolute atomic E-state index is 0.0367. The van der Waals surface area contributed by atoms with Gasteiger partial charge in [0.25, 0.3) is 0 Å². The number of carbonyl (C=O) groups is 3. The molecule has 138 valence electrons. The summed E-state index contributed by atoms with van der Waals surface area (Å²) in [6.45, 7) is 6.95. The highest BCUT2D eigenvalue weighted by atomic mass is 16.6. The third kappa shape index (κ3) is 8.74. The van der Waals surface area contributed by atoms with E-state index in [1.807, 2.05) is 18.2 Å². The van der Waals surface area contributed by atoms with E-state index in [0.717, 1.165) is 5.56 Å². The smallest absolute Gasteiger partial charge is 0.408 e. The lowest BCUT2D eigenvalue weighted by Crippen LogP contribution is -2.45. The lowest BCUT2D eigenvalue weighted by atomic mass is 10.2. The zero-order valence-electron chi connectivity index (χ0n) is 15.0. The third-order valence-corrected chi connectivity index (χ3v) is 2.88. The average Bonchev–Trinajstić information content (AvgIpc) is 2.51. The molecule has 0 saturated carbocycles. The predicted molar refractivity (Wildman–Crippen MR) is 90.6 cm³/mol. The second kappa shape index (κ2) is 9.66. The van der Waals surface area contributed by atoms with Crippen molar-refractivity contribution >= 4 is 18.0 Å². The van der Waals surface area contributed by atoms with Crippen LogP contribution in [0.3, 0.4) is 0 Å². The maximum atomic E-state index is 12.3. The Morgan fingerprint density at radius 1 is 1.08 bits per heavy atom. The Kier molecular flexibility index (Phi) is 7.91. The number of hydrogen-bond donors (Lipinski definition) is 1. The van der Waals surface area contributed by atoms with Crippen LogP contribution in [0.4, 0.5) is 4.79 Å². The molecule has 7 heteroatoms. The summed E-state index contributed by atoms with van der Waals surface area (Å²) in [4.78, 5) is 35.8. The Hall–Kier alpha value is -2.57. The average molecular weight is 351 g/mol. The number of esters is 2. The van der Waals surface area contributed by atoms with E-state index in [1.165, 1.54) is 0 Å². The zero-order chi connectivity index (χ0) is 18.9. The van der Waals surface area contributed by atoms with E-state index in [0.29, 0.717) is 0 Å². The molecule has 1 aromatic rings. The Balaban J connectivity index is 2.69. The van der Waals surface area contributed by atoms with Crippen molar-refractivity contribution in [1.82, 2.24) is 5.32 Å². The summed E-state index contributed by atoms with van der Waals surface area (Å²) < 4.78 is 15.1. The molecule has 0 aliphatic rings. The van der Waals surface area contributed by atoms with Crippen LogP contribution >= 0.6 is 0 Å². The summed E-state index contributed by atoms with van der Waals surface area (Å²) >= 11 is 0. The van der Waals surface area contributed by atoms with Gasteiger partial charge in [-0.3, -0.25) is 4.79 Å². The van der Waals surface area contributed by atoms with Gasteiger partial charge in [0, 0.05) is 0 Å². The van der Waals surface area contributed by atoms with E-state index in [2.05, 4.69) is 5.32 Å². The van der Waals surface area contributed by atoms with Gasteiger partial charge in [0.15, 0.2) is 0 Å². The van der Waals surface area contributed by atoms with Crippen LogP contribution < -0.4 is 5.32 Å². The van der Waals surface area contributed by atoms with Crippen molar-refractivity contribution in [2.45, 2.75) is 52.4 Å². The number of rotatable bonds is 7. The molecule has 0 spiro atoms. The van der Waals surface area contributed by atoms with Crippen molar-refractivity contribution in [2.24, 2.45) is 0 Å². The Morgan fingerprint density at radius 2 is 1.72 bits per heavy atom. The van der Waals surface area contributed by atoms with E-state index >= 15 is 0 Å². The van der Waals surface area contributed by atoms with Crippen molar-refractivity contribution in [3.05, 3.63) is 35.9 Å². The molecular formula is C18H25NO6. The van der Waals surface area contributed by atoms with Crippen molar-refractivity contribution in [3.8, 4) is 0 Å². The van der Waals surface area contributed by atoms with Crippen molar-refractivity contribution < 1.29 is 28.6 Å². The van der Waals surface area contributed by atoms with Gasteiger partial charge in [-0.05, 0) is 33.3 Å². The van der Waals surface area contributed by atoms with Gasteiger partial charge in [-0.2, -0.15) is 0 Å². The molecule has 0 fully saturated rings. The summed E-state index contributed by atoms with van der Waals surface area (Å²) in [5, 5.41) is 2.36. The van der Waals surface area contributed by atoms with Gasteiger partial charge >= 0.3 is 18.0 Å². The lowest BCUT2D eigenvalue weighted by molar-refractivity contribution is -0.153. The molecule has 25 heavy (non-hydrogen) atoms. The van der Waals surface area contributed by atoms with Gasteiger partial charge in [-0.25, -0.2) is 9.59 Å². The van der Waals surface area contributed by atoms with Crippen LogP contribution in [0.15, 0.2) is 30.3 Å². The monoisotopic (exact) mass is 351 g/mol. The molecule has 0 aliphatic heterocycles. The fourth-order valence-corrected chi connectivity index (χ4v) is 1.86. The van der Waals surface area contributed by atoms with Crippen LogP contribution in [0.25, 0.3) is 0 Å². The normalized spacial score (nSPS) is 12.0. The maximum absolute atomic E-state index is 12.3. The molecule has 0 heterocycles. The Bertz CT molecular complexity index is 579. The zero-order valence-corrected chi connectivity index (χ0v) is 15.0. The maximum Gasteiger partial charge on any atom is 0.408 e. The number of amides is 1. The molecule has 0 bridgehead atoms. The largest absolute Gasteiger partial charge is 0.466 e. The molecule has 1 aromatic carbocycles. The first-order valence-corrected chi connectivity index (χ1v) is 8.07. The fraction of sp³-hybridized carbons (Fsp3) is 0.500. The molecule has 0 radical (unpaired) electrons.